The molecule has 3 N–H and O–H groups in total. The van der Waals surface area contributed by atoms with Crippen LogP contribution in [0, 0.1) is 5.92 Å². The SMILES string of the molecule is NC(=O)C1CCN(c2ccc(NC(=O)c3ccc4c(c3)OCO4)cc2)CC1. The smallest absolute Gasteiger partial charge is 0.255 e. The maximum absolute atomic E-state index is 12.4. The summed E-state index contributed by atoms with van der Waals surface area (Å²) in [5.74, 6) is 0.787. The quantitative estimate of drug-likeness (QED) is 0.865. The lowest BCUT2D eigenvalue weighted by atomic mass is 9.96. The normalized spacial score (nSPS) is 16.2. The number of rotatable bonds is 4. The fraction of sp³-hybridized carbons (Fsp3) is 0.300. The molecule has 7 nitrogen and oxygen atoms in total. The number of amides is 2. The fourth-order valence-corrected chi connectivity index (χ4v) is 3.42. The number of primary amides is 1. The fourth-order valence-electron chi connectivity index (χ4n) is 3.42. The molecule has 2 aromatic rings. The van der Waals surface area contributed by atoms with Crippen molar-refractivity contribution in [3.05, 3.63) is 48.0 Å². The van der Waals surface area contributed by atoms with Crippen molar-refractivity contribution in [2.24, 2.45) is 11.7 Å². The minimum absolute atomic E-state index is 0.0264. The molecule has 0 saturated carbocycles. The summed E-state index contributed by atoms with van der Waals surface area (Å²) in [4.78, 5) is 25.9. The van der Waals surface area contributed by atoms with E-state index in [9.17, 15) is 9.59 Å². The molecule has 0 bridgehead atoms. The van der Waals surface area contributed by atoms with Gasteiger partial charge in [-0.05, 0) is 55.3 Å². The highest BCUT2D eigenvalue weighted by molar-refractivity contribution is 6.04. The van der Waals surface area contributed by atoms with Crippen LogP contribution in [0.5, 0.6) is 11.5 Å². The lowest BCUT2D eigenvalue weighted by Gasteiger charge is -2.32. The average molecular weight is 367 g/mol. The Kier molecular flexibility index (Phi) is 4.58. The minimum Gasteiger partial charge on any atom is -0.454 e. The van der Waals surface area contributed by atoms with E-state index in [1.807, 2.05) is 24.3 Å². The standard InChI is InChI=1S/C20H21N3O4/c21-19(24)13-7-9-23(10-8-13)16-4-2-15(3-5-16)22-20(25)14-1-6-17-18(11-14)27-12-26-17/h1-6,11,13H,7-10,12H2,(H2,21,24)(H,22,25). The molecule has 0 unspecified atom stereocenters. The molecule has 140 valence electrons. The number of carbonyl (C=O) groups excluding carboxylic acids is 2. The number of nitrogens with two attached hydrogens (primary N) is 1. The number of hydrogen-bond acceptors (Lipinski definition) is 5. The molecule has 2 amide bonds. The van der Waals surface area contributed by atoms with E-state index in [-0.39, 0.29) is 24.5 Å². The Labute approximate surface area is 157 Å². The van der Waals surface area contributed by atoms with Gasteiger partial charge in [-0.25, -0.2) is 0 Å². The zero-order valence-corrected chi connectivity index (χ0v) is 14.8. The zero-order valence-electron chi connectivity index (χ0n) is 14.8. The first-order chi connectivity index (χ1) is 13.1. The van der Waals surface area contributed by atoms with Crippen LogP contribution in [0.25, 0.3) is 0 Å². The Hall–Kier alpha value is -3.22. The molecule has 0 aliphatic carbocycles. The summed E-state index contributed by atoms with van der Waals surface area (Å²) in [5.41, 5.74) is 7.68. The van der Waals surface area contributed by atoms with Gasteiger partial charge in [0.1, 0.15) is 0 Å². The van der Waals surface area contributed by atoms with Crippen molar-refractivity contribution in [1.82, 2.24) is 0 Å². The highest BCUT2D eigenvalue weighted by Gasteiger charge is 2.23. The predicted octanol–water partition coefficient (Wildman–Crippen LogP) is 2.37. The van der Waals surface area contributed by atoms with Crippen LogP contribution in [-0.4, -0.2) is 31.7 Å². The van der Waals surface area contributed by atoms with E-state index in [0.717, 1.165) is 31.6 Å². The van der Waals surface area contributed by atoms with Crippen LogP contribution in [0.3, 0.4) is 0 Å². The van der Waals surface area contributed by atoms with Gasteiger partial charge in [-0.3, -0.25) is 9.59 Å². The maximum Gasteiger partial charge on any atom is 0.255 e. The maximum atomic E-state index is 12.4. The van der Waals surface area contributed by atoms with Crippen molar-refractivity contribution >= 4 is 23.2 Å². The van der Waals surface area contributed by atoms with Gasteiger partial charge in [0.05, 0.1) is 0 Å². The molecule has 0 aromatic heterocycles. The number of nitrogens with one attached hydrogen (secondary N) is 1. The molecule has 27 heavy (non-hydrogen) atoms. The lowest BCUT2D eigenvalue weighted by molar-refractivity contribution is -0.122. The van der Waals surface area contributed by atoms with E-state index in [1.54, 1.807) is 18.2 Å². The van der Waals surface area contributed by atoms with Gasteiger partial charge in [-0.15, -0.1) is 0 Å². The first kappa shape index (κ1) is 17.2. The number of anilines is 2. The monoisotopic (exact) mass is 367 g/mol. The molecular formula is C20H21N3O4. The number of nitrogens with zero attached hydrogens (tertiary/aromatic N) is 1. The van der Waals surface area contributed by atoms with Crippen LogP contribution in [0.1, 0.15) is 23.2 Å². The second kappa shape index (κ2) is 7.19. The molecule has 2 heterocycles. The second-order valence-electron chi connectivity index (χ2n) is 6.73. The van der Waals surface area contributed by atoms with Crippen LogP contribution < -0.4 is 25.4 Å². The number of piperidine rings is 1. The number of hydrogen-bond donors (Lipinski definition) is 2. The van der Waals surface area contributed by atoms with Crippen molar-refractivity contribution in [2.45, 2.75) is 12.8 Å². The van der Waals surface area contributed by atoms with E-state index < -0.39 is 0 Å². The van der Waals surface area contributed by atoms with Gasteiger partial charge in [-0.2, -0.15) is 0 Å². The summed E-state index contributed by atoms with van der Waals surface area (Å²) in [6, 6.07) is 12.8. The predicted molar refractivity (Wildman–Crippen MR) is 101 cm³/mol. The Morgan fingerprint density at radius 3 is 2.41 bits per heavy atom. The van der Waals surface area contributed by atoms with Crippen LogP contribution in [-0.2, 0) is 4.79 Å². The molecule has 1 saturated heterocycles. The highest BCUT2D eigenvalue weighted by atomic mass is 16.7. The topological polar surface area (TPSA) is 93.9 Å². The minimum atomic E-state index is -0.212. The third kappa shape index (κ3) is 3.67. The van der Waals surface area contributed by atoms with Gasteiger partial charge < -0.3 is 25.4 Å². The van der Waals surface area contributed by atoms with Crippen molar-refractivity contribution < 1.29 is 19.1 Å². The average Bonchev–Trinajstić information content (AvgIpc) is 3.16. The zero-order chi connectivity index (χ0) is 18.8. The third-order valence-electron chi connectivity index (χ3n) is 5.02. The van der Waals surface area contributed by atoms with Gasteiger partial charge in [0.2, 0.25) is 12.7 Å². The lowest BCUT2D eigenvalue weighted by Crippen LogP contribution is -2.38. The largest absolute Gasteiger partial charge is 0.454 e. The molecule has 2 aliphatic rings. The van der Waals surface area contributed by atoms with Crippen molar-refractivity contribution in [3.63, 3.8) is 0 Å². The summed E-state index contributed by atoms with van der Waals surface area (Å²) >= 11 is 0. The number of carbonyl (C=O) groups is 2. The van der Waals surface area contributed by atoms with Gasteiger partial charge in [0.25, 0.3) is 5.91 Å². The third-order valence-corrected chi connectivity index (χ3v) is 5.02. The molecule has 2 aliphatic heterocycles. The molecule has 2 aromatic carbocycles. The summed E-state index contributed by atoms with van der Waals surface area (Å²) in [6.07, 6.45) is 1.55. The summed E-state index contributed by atoms with van der Waals surface area (Å²) in [7, 11) is 0. The first-order valence-corrected chi connectivity index (χ1v) is 8.95. The highest BCUT2D eigenvalue weighted by Crippen LogP contribution is 2.32. The number of ether oxygens (including phenoxy) is 2. The van der Waals surface area contributed by atoms with E-state index in [4.69, 9.17) is 15.2 Å². The molecule has 4 rings (SSSR count). The Bertz CT molecular complexity index is 858. The molecule has 0 spiro atoms. The molecule has 0 atom stereocenters. The molecule has 1 fully saturated rings. The van der Waals surface area contributed by atoms with Crippen LogP contribution in [0.2, 0.25) is 0 Å². The second-order valence-corrected chi connectivity index (χ2v) is 6.73. The van der Waals surface area contributed by atoms with Crippen LogP contribution in [0.15, 0.2) is 42.5 Å². The number of benzene rings is 2. The van der Waals surface area contributed by atoms with Crippen LogP contribution >= 0.6 is 0 Å². The van der Waals surface area contributed by atoms with E-state index in [2.05, 4.69) is 10.2 Å². The first-order valence-electron chi connectivity index (χ1n) is 8.95. The van der Waals surface area contributed by atoms with Gasteiger partial charge in [0.15, 0.2) is 11.5 Å². The van der Waals surface area contributed by atoms with Gasteiger partial charge >= 0.3 is 0 Å². The summed E-state index contributed by atoms with van der Waals surface area (Å²) in [6.45, 7) is 1.78. The Balaban J connectivity index is 1.38. The van der Waals surface area contributed by atoms with Crippen molar-refractivity contribution in [1.29, 1.82) is 0 Å². The number of fused-ring (bicyclic) bond motifs is 1. The van der Waals surface area contributed by atoms with E-state index in [0.29, 0.717) is 22.7 Å². The summed E-state index contributed by atoms with van der Waals surface area (Å²) in [5, 5.41) is 2.89. The van der Waals surface area contributed by atoms with Gasteiger partial charge in [0, 0.05) is 35.9 Å². The molecular weight excluding hydrogens is 346 g/mol. The van der Waals surface area contributed by atoms with Crippen LogP contribution in [0.4, 0.5) is 11.4 Å². The summed E-state index contributed by atoms with van der Waals surface area (Å²) < 4.78 is 10.6. The Morgan fingerprint density at radius 2 is 1.70 bits per heavy atom. The van der Waals surface area contributed by atoms with Gasteiger partial charge in [-0.1, -0.05) is 0 Å². The van der Waals surface area contributed by atoms with E-state index >= 15 is 0 Å². The van der Waals surface area contributed by atoms with E-state index in [1.165, 1.54) is 0 Å². The molecule has 7 heteroatoms. The Morgan fingerprint density at radius 1 is 1.00 bits per heavy atom. The van der Waals surface area contributed by atoms with Crippen molar-refractivity contribution in [2.75, 3.05) is 30.1 Å². The van der Waals surface area contributed by atoms with Crippen molar-refractivity contribution in [3.8, 4) is 11.5 Å². The molecule has 0 radical (unpaired) electrons.